The molecule has 3 heterocycles. The molecule has 7 heteroatoms. The van der Waals surface area contributed by atoms with Crippen molar-refractivity contribution in [3.8, 4) is 0 Å². The van der Waals surface area contributed by atoms with Crippen molar-refractivity contribution in [2.75, 3.05) is 39.4 Å². The van der Waals surface area contributed by atoms with E-state index in [2.05, 4.69) is 5.16 Å². The van der Waals surface area contributed by atoms with E-state index in [1.807, 2.05) is 4.90 Å². The zero-order chi connectivity index (χ0) is 14.4. The minimum absolute atomic E-state index is 0.0634. The number of oxime groups is 1. The van der Waals surface area contributed by atoms with Gasteiger partial charge in [0.2, 0.25) is 5.91 Å². The number of amides is 2. The SMILES string of the molecule is O=C(C1=NOC2CN(C(=O)C3CC3)CC12)N1CCOCC1. The Morgan fingerprint density at radius 2 is 1.86 bits per heavy atom. The molecule has 1 saturated carbocycles. The molecule has 3 aliphatic heterocycles. The van der Waals surface area contributed by atoms with Gasteiger partial charge in [0.05, 0.1) is 25.7 Å². The van der Waals surface area contributed by atoms with Crippen LogP contribution in [0.4, 0.5) is 0 Å². The molecular formula is C14H19N3O4. The Kier molecular flexibility index (Phi) is 3.10. The van der Waals surface area contributed by atoms with E-state index in [-0.39, 0.29) is 29.8 Å². The summed E-state index contributed by atoms with van der Waals surface area (Å²) in [6.07, 6.45) is 1.85. The summed E-state index contributed by atoms with van der Waals surface area (Å²) < 4.78 is 5.26. The monoisotopic (exact) mass is 293 g/mol. The summed E-state index contributed by atoms with van der Waals surface area (Å²) in [5.41, 5.74) is 0.480. The Balaban J connectivity index is 1.43. The van der Waals surface area contributed by atoms with Crippen molar-refractivity contribution < 1.29 is 19.2 Å². The average molecular weight is 293 g/mol. The molecule has 7 nitrogen and oxygen atoms in total. The lowest BCUT2D eigenvalue weighted by atomic mass is 10.00. The van der Waals surface area contributed by atoms with Crippen LogP contribution in [0.15, 0.2) is 5.16 Å². The molecule has 2 saturated heterocycles. The molecule has 0 radical (unpaired) electrons. The smallest absolute Gasteiger partial charge is 0.272 e. The molecule has 114 valence electrons. The van der Waals surface area contributed by atoms with E-state index in [1.54, 1.807) is 4.90 Å². The third-order valence-corrected chi connectivity index (χ3v) is 4.66. The van der Waals surface area contributed by atoms with Gasteiger partial charge in [0, 0.05) is 25.6 Å². The van der Waals surface area contributed by atoms with Gasteiger partial charge in [-0.05, 0) is 12.8 Å². The molecule has 2 amide bonds. The highest BCUT2D eigenvalue weighted by molar-refractivity contribution is 6.40. The third kappa shape index (κ3) is 2.29. The van der Waals surface area contributed by atoms with Crippen molar-refractivity contribution in [2.45, 2.75) is 18.9 Å². The summed E-state index contributed by atoms with van der Waals surface area (Å²) in [5, 5.41) is 4.00. The third-order valence-electron chi connectivity index (χ3n) is 4.66. The van der Waals surface area contributed by atoms with Crippen LogP contribution in [0, 0.1) is 11.8 Å². The number of hydrogen-bond donors (Lipinski definition) is 0. The lowest BCUT2D eigenvalue weighted by Gasteiger charge is -2.27. The summed E-state index contributed by atoms with van der Waals surface area (Å²) >= 11 is 0. The first-order chi connectivity index (χ1) is 10.2. The molecule has 1 aliphatic carbocycles. The van der Waals surface area contributed by atoms with E-state index in [4.69, 9.17) is 9.57 Å². The van der Waals surface area contributed by atoms with Gasteiger partial charge >= 0.3 is 0 Å². The van der Waals surface area contributed by atoms with Crippen LogP contribution in [0.3, 0.4) is 0 Å². The van der Waals surface area contributed by atoms with Gasteiger partial charge in [-0.25, -0.2) is 0 Å². The van der Waals surface area contributed by atoms with Gasteiger partial charge in [0.15, 0.2) is 11.8 Å². The normalized spacial score (nSPS) is 31.7. The molecule has 4 aliphatic rings. The minimum Gasteiger partial charge on any atom is -0.389 e. The van der Waals surface area contributed by atoms with Crippen molar-refractivity contribution in [2.24, 2.45) is 17.0 Å². The standard InChI is InChI=1S/C14H19N3O4/c18-13(9-1-2-9)17-7-10-11(8-17)21-15-12(10)14(19)16-3-5-20-6-4-16/h9-11H,1-8H2. The van der Waals surface area contributed by atoms with Crippen LogP contribution in [0.2, 0.25) is 0 Å². The highest BCUT2D eigenvalue weighted by Gasteiger charge is 2.49. The molecular weight excluding hydrogens is 274 g/mol. The van der Waals surface area contributed by atoms with Gasteiger partial charge < -0.3 is 19.4 Å². The van der Waals surface area contributed by atoms with Gasteiger partial charge in [-0.2, -0.15) is 0 Å². The largest absolute Gasteiger partial charge is 0.389 e. The van der Waals surface area contributed by atoms with Crippen molar-refractivity contribution in [1.29, 1.82) is 0 Å². The van der Waals surface area contributed by atoms with Gasteiger partial charge in [-0.1, -0.05) is 5.16 Å². The number of carbonyl (C=O) groups excluding carboxylic acids is 2. The first-order valence-electron chi connectivity index (χ1n) is 7.63. The Hall–Kier alpha value is -1.63. The summed E-state index contributed by atoms with van der Waals surface area (Å²) in [7, 11) is 0. The second-order valence-electron chi connectivity index (χ2n) is 6.15. The number of rotatable bonds is 2. The predicted octanol–water partition coefficient (Wildman–Crippen LogP) is -0.532. The van der Waals surface area contributed by atoms with Crippen molar-refractivity contribution in [1.82, 2.24) is 9.80 Å². The van der Waals surface area contributed by atoms with E-state index in [0.29, 0.717) is 45.1 Å². The van der Waals surface area contributed by atoms with Crippen LogP contribution in [-0.4, -0.2) is 72.8 Å². The number of nitrogens with zero attached hydrogens (tertiary/aromatic N) is 3. The minimum atomic E-state index is -0.146. The average Bonchev–Trinajstić information content (AvgIpc) is 3.16. The van der Waals surface area contributed by atoms with E-state index < -0.39 is 0 Å². The fourth-order valence-corrected chi connectivity index (χ4v) is 3.23. The molecule has 0 spiro atoms. The Labute approximate surface area is 122 Å². The lowest BCUT2D eigenvalue weighted by Crippen LogP contribution is -2.46. The van der Waals surface area contributed by atoms with Gasteiger partial charge in [-0.15, -0.1) is 0 Å². The maximum Gasteiger partial charge on any atom is 0.272 e. The zero-order valence-corrected chi connectivity index (χ0v) is 11.9. The molecule has 0 aromatic rings. The quantitative estimate of drug-likeness (QED) is 0.686. The molecule has 21 heavy (non-hydrogen) atoms. The molecule has 4 rings (SSSR count). The molecule has 2 unspecified atom stereocenters. The number of ether oxygens (including phenoxy) is 1. The molecule has 0 N–H and O–H groups in total. The summed E-state index contributed by atoms with van der Waals surface area (Å²) in [6, 6.07) is 0. The van der Waals surface area contributed by atoms with Crippen molar-refractivity contribution >= 4 is 17.5 Å². The summed E-state index contributed by atoms with van der Waals surface area (Å²) in [5.74, 6) is 0.292. The summed E-state index contributed by atoms with van der Waals surface area (Å²) in [6.45, 7) is 3.46. The first-order valence-corrected chi connectivity index (χ1v) is 7.63. The van der Waals surface area contributed by atoms with Crippen molar-refractivity contribution in [3.05, 3.63) is 0 Å². The second kappa shape index (κ2) is 4.98. The molecule has 3 fully saturated rings. The van der Waals surface area contributed by atoms with E-state index in [1.165, 1.54) is 0 Å². The maximum absolute atomic E-state index is 12.5. The van der Waals surface area contributed by atoms with Crippen LogP contribution in [0.1, 0.15) is 12.8 Å². The Bertz CT molecular complexity index is 496. The van der Waals surface area contributed by atoms with Gasteiger partial charge in [-0.3, -0.25) is 9.59 Å². The number of hydrogen-bond acceptors (Lipinski definition) is 5. The summed E-state index contributed by atoms with van der Waals surface area (Å²) in [4.78, 5) is 33.7. The predicted molar refractivity (Wildman–Crippen MR) is 72.5 cm³/mol. The van der Waals surface area contributed by atoms with Crippen LogP contribution in [0.5, 0.6) is 0 Å². The van der Waals surface area contributed by atoms with Crippen LogP contribution in [0.25, 0.3) is 0 Å². The number of carbonyl (C=O) groups is 2. The fraction of sp³-hybridized carbons (Fsp3) is 0.786. The zero-order valence-electron chi connectivity index (χ0n) is 11.9. The van der Waals surface area contributed by atoms with Gasteiger partial charge in [0.1, 0.15) is 0 Å². The topological polar surface area (TPSA) is 71.4 Å². The fourth-order valence-electron chi connectivity index (χ4n) is 3.23. The van der Waals surface area contributed by atoms with E-state index >= 15 is 0 Å². The number of fused-ring (bicyclic) bond motifs is 1. The van der Waals surface area contributed by atoms with Crippen LogP contribution >= 0.6 is 0 Å². The number of morpholine rings is 1. The molecule has 2 atom stereocenters. The highest BCUT2D eigenvalue weighted by atomic mass is 16.6. The lowest BCUT2D eigenvalue weighted by molar-refractivity contribution is -0.132. The maximum atomic E-state index is 12.5. The first kappa shape index (κ1) is 13.1. The van der Waals surface area contributed by atoms with Crippen molar-refractivity contribution in [3.63, 3.8) is 0 Å². The second-order valence-corrected chi connectivity index (χ2v) is 6.15. The van der Waals surface area contributed by atoms with E-state index in [0.717, 1.165) is 12.8 Å². The molecule has 0 bridgehead atoms. The highest BCUT2D eigenvalue weighted by Crippen LogP contribution is 2.35. The Morgan fingerprint density at radius 3 is 2.57 bits per heavy atom. The Morgan fingerprint density at radius 1 is 1.10 bits per heavy atom. The van der Waals surface area contributed by atoms with E-state index in [9.17, 15) is 9.59 Å². The van der Waals surface area contributed by atoms with Gasteiger partial charge in [0.25, 0.3) is 5.91 Å². The van der Waals surface area contributed by atoms with Crippen LogP contribution < -0.4 is 0 Å². The molecule has 0 aromatic carbocycles. The number of likely N-dealkylation sites (tertiary alicyclic amines) is 1. The molecule has 0 aromatic heterocycles. The van der Waals surface area contributed by atoms with Crippen LogP contribution in [-0.2, 0) is 19.2 Å².